The van der Waals surface area contributed by atoms with E-state index in [1.165, 1.54) is 25.0 Å². The first kappa shape index (κ1) is 19.0. The zero-order valence-corrected chi connectivity index (χ0v) is 16.9. The maximum atomic E-state index is 13.6. The van der Waals surface area contributed by atoms with Crippen molar-refractivity contribution in [2.24, 2.45) is 5.92 Å². The molecule has 1 aromatic rings. The van der Waals surface area contributed by atoms with Gasteiger partial charge in [-0.15, -0.1) is 0 Å². The first-order chi connectivity index (χ1) is 14.1. The number of hydrogen-bond acceptors (Lipinski definition) is 4. The molecule has 0 bridgehead atoms. The van der Waals surface area contributed by atoms with Crippen molar-refractivity contribution in [3.63, 3.8) is 0 Å². The van der Waals surface area contributed by atoms with E-state index >= 15 is 0 Å². The monoisotopic (exact) mass is 400 g/mol. The van der Waals surface area contributed by atoms with Gasteiger partial charge in [-0.25, -0.2) is 9.18 Å². The number of ether oxygens (including phenoxy) is 1. The molecule has 3 aliphatic heterocycles. The lowest BCUT2D eigenvalue weighted by molar-refractivity contribution is -0.139. The second-order valence-corrected chi connectivity index (χ2v) is 9.18. The first-order valence-corrected chi connectivity index (χ1v) is 11.1. The van der Waals surface area contributed by atoms with Gasteiger partial charge in [-0.2, -0.15) is 0 Å². The van der Waals surface area contributed by atoms with Gasteiger partial charge in [0.2, 0.25) is 5.91 Å². The van der Waals surface area contributed by atoms with E-state index in [0.29, 0.717) is 24.4 Å². The van der Waals surface area contributed by atoms with Gasteiger partial charge < -0.3 is 14.5 Å². The second-order valence-electron chi connectivity index (χ2n) is 9.18. The molecule has 156 valence electrons. The standard InChI is InChI=1S/C23H29FN2O3/c24-17-5-6-20-19(14-17)22(28)29-23(20)9-7-16(8-10-23)21(27)26-13-3-4-18(26)15-25-11-1-2-12-25/h5-6,14,16,18H,1-4,7-13,15H2/t16-,18-,23-/m0/s1. The summed E-state index contributed by atoms with van der Waals surface area (Å²) in [5.74, 6) is -0.567. The molecule has 1 saturated carbocycles. The minimum Gasteiger partial charge on any atom is -0.451 e. The lowest BCUT2D eigenvalue weighted by Crippen LogP contribution is -2.46. The number of likely N-dealkylation sites (tertiary alicyclic amines) is 2. The molecule has 0 radical (unpaired) electrons. The molecule has 1 aliphatic carbocycles. The number of nitrogens with zero attached hydrogens (tertiary/aromatic N) is 2. The Hall–Kier alpha value is -1.95. The molecule has 0 unspecified atom stereocenters. The molecule has 5 nitrogen and oxygen atoms in total. The highest BCUT2D eigenvalue weighted by molar-refractivity contribution is 5.94. The van der Waals surface area contributed by atoms with Crippen molar-refractivity contribution in [3.05, 3.63) is 35.1 Å². The Morgan fingerprint density at radius 1 is 1.10 bits per heavy atom. The molecule has 2 saturated heterocycles. The van der Waals surface area contributed by atoms with E-state index in [9.17, 15) is 14.0 Å². The van der Waals surface area contributed by atoms with Gasteiger partial charge in [0.05, 0.1) is 5.56 Å². The van der Waals surface area contributed by atoms with E-state index in [1.54, 1.807) is 6.07 Å². The summed E-state index contributed by atoms with van der Waals surface area (Å²) in [7, 11) is 0. The number of fused-ring (bicyclic) bond motifs is 2. The molecule has 6 heteroatoms. The molecule has 1 aromatic carbocycles. The fraction of sp³-hybridized carbons (Fsp3) is 0.652. The maximum Gasteiger partial charge on any atom is 0.339 e. The van der Waals surface area contributed by atoms with Gasteiger partial charge in [-0.05, 0) is 76.6 Å². The van der Waals surface area contributed by atoms with E-state index in [-0.39, 0.29) is 11.8 Å². The molecule has 29 heavy (non-hydrogen) atoms. The predicted octanol–water partition coefficient (Wildman–Crippen LogP) is 3.47. The Labute approximate surface area is 171 Å². The van der Waals surface area contributed by atoms with Crippen LogP contribution in [0, 0.1) is 11.7 Å². The largest absolute Gasteiger partial charge is 0.451 e. The van der Waals surface area contributed by atoms with Gasteiger partial charge in [0.1, 0.15) is 11.4 Å². The molecule has 1 spiro atoms. The minimum atomic E-state index is -0.670. The zero-order chi connectivity index (χ0) is 20.0. The zero-order valence-electron chi connectivity index (χ0n) is 16.9. The van der Waals surface area contributed by atoms with Crippen LogP contribution in [0.2, 0.25) is 0 Å². The average molecular weight is 400 g/mol. The van der Waals surface area contributed by atoms with E-state index in [2.05, 4.69) is 9.80 Å². The van der Waals surface area contributed by atoms with Crippen molar-refractivity contribution in [2.75, 3.05) is 26.2 Å². The third kappa shape index (κ3) is 3.35. The second kappa shape index (κ2) is 7.38. The number of rotatable bonds is 3. The summed E-state index contributed by atoms with van der Waals surface area (Å²) in [6.07, 6.45) is 7.46. The Kier molecular flexibility index (Phi) is 4.85. The Balaban J connectivity index is 1.25. The van der Waals surface area contributed by atoms with E-state index in [4.69, 9.17) is 4.74 Å². The molecule has 3 fully saturated rings. The molecule has 4 aliphatic rings. The summed E-state index contributed by atoms with van der Waals surface area (Å²) in [5, 5.41) is 0. The Morgan fingerprint density at radius 3 is 2.62 bits per heavy atom. The van der Waals surface area contributed by atoms with Crippen LogP contribution in [0.15, 0.2) is 18.2 Å². The lowest BCUT2D eigenvalue weighted by Gasteiger charge is -2.38. The summed E-state index contributed by atoms with van der Waals surface area (Å²) in [4.78, 5) is 30.2. The third-order valence-electron chi connectivity index (χ3n) is 7.45. The molecular formula is C23H29FN2O3. The summed E-state index contributed by atoms with van der Waals surface area (Å²) < 4.78 is 19.3. The molecule has 1 amide bonds. The summed E-state index contributed by atoms with van der Waals surface area (Å²) in [6, 6.07) is 4.71. The highest BCUT2D eigenvalue weighted by Crippen LogP contribution is 2.48. The van der Waals surface area contributed by atoms with Gasteiger partial charge in [-0.3, -0.25) is 4.79 Å². The molecule has 1 atom stereocenters. The normalized spacial score (nSPS) is 32.0. The number of esters is 1. The summed E-state index contributed by atoms with van der Waals surface area (Å²) >= 11 is 0. The fourth-order valence-corrected chi connectivity index (χ4v) is 5.89. The number of amides is 1. The average Bonchev–Trinajstić information content (AvgIpc) is 3.44. The Bertz CT molecular complexity index is 812. The number of hydrogen-bond donors (Lipinski definition) is 0. The number of carbonyl (C=O) groups is 2. The van der Waals surface area contributed by atoms with Crippen LogP contribution in [0.4, 0.5) is 4.39 Å². The number of benzene rings is 1. The van der Waals surface area contributed by atoms with Crippen LogP contribution < -0.4 is 0 Å². The van der Waals surface area contributed by atoms with Gasteiger partial charge in [0.25, 0.3) is 0 Å². The van der Waals surface area contributed by atoms with Crippen LogP contribution in [0.5, 0.6) is 0 Å². The van der Waals surface area contributed by atoms with Crippen molar-refractivity contribution in [1.82, 2.24) is 9.80 Å². The Morgan fingerprint density at radius 2 is 1.86 bits per heavy atom. The van der Waals surface area contributed by atoms with Gasteiger partial charge in [0.15, 0.2) is 0 Å². The quantitative estimate of drug-likeness (QED) is 0.729. The van der Waals surface area contributed by atoms with Crippen molar-refractivity contribution >= 4 is 11.9 Å². The van der Waals surface area contributed by atoms with E-state index < -0.39 is 17.4 Å². The van der Waals surface area contributed by atoms with Gasteiger partial charge in [-0.1, -0.05) is 6.07 Å². The van der Waals surface area contributed by atoms with Crippen molar-refractivity contribution in [2.45, 2.75) is 63.0 Å². The van der Waals surface area contributed by atoms with E-state index in [1.807, 2.05) is 0 Å². The maximum absolute atomic E-state index is 13.6. The van der Waals surface area contributed by atoms with Crippen molar-refractivity contribution < 1.29 is 18.7 Å². The molecule has 5 rings (SSSR count). The fourth-order valence-electron chi connectivity index (χ4n) is 5.89. The molecule has 3 heterocycles. The van der Waals surface area contributed by atoms with Gasteiger partial charge in [0, 0.05) is 30.6 Å². The smallest absolute Gasteiger partial charge is 0.339 e. The van der Waals surface area contributed by atoms with Crippen molar-refractivity contribution in [1.29, 1.82) is 0 Å². The highest BCUT2D eigenvalue weighted by Gasteiger charge is 2.49. The first-order valence-electron chi connectivity index (χ1n) is 11.1. The number of carbonyl (C=O) groups excluding carboxylic acids is 2. The predicted molar refractivity (Wildman–Crippen MR) is 106 cm³/mol. The van der Waals surface area contributed by atoms with Gasteiger partial charge >= 0.3 is 5.97 Å². The third-order valence-corrected chi connectivity index (χ3v) is 7.45. The summed E-state index contributed by atoms with van der Waals surface area (Å²) in [5.41, 5.74) is 0.472. The lowest BCUT2D eigenvalue weighted by atomic mass is 9.74. The van der Waals surface area contributed by atoms with Crippen LogP contribution >= 0.6 is 0 Å². The van der Waals surface area contributed by atoms with Crippen LogP contribution in [0.1, 0.15) is 67.3 Å². The van der Waals surface area contributed by atoms with Crippen LogP contribution in [0.25, 0.3) is 0 Å². The topological polar surface area (TPSA) is 49.9 Å². The minimum absolute atomic E-state index is 0.00278. The van der Waals surface area contributed by atoms with Crippen LogP contribution in [0.3, 0.4) is 0 Å². The molecular weight excluding hydrogens is 371 g/mol. The molecule has 0 N–H and O–H groups in total. The highest BCUT2D eigenvalue weighted by atomic mass is 19.1. The van der Waals surface area contributed by atoms with Crippen LogP contribution in [-0.2, 0) is 15.1 Å². The van der Waals surface area contributed by atoms with E-state index in [0.717, 1.165) is 57.4 Å². The summed E-state index contributed by atoms with van der Waals surface area (Å²) in [6.45, 7) is 4.21. The van der Waals surface area contributed by atoms with Crippen molar-refractivity contribution in [3.8, 4) is 0 Å². The number of halogens is 1. The molecule has 0 aromatic heterocycles. The van der Waals surface area contributed by atoms with Crippen LogP contribution in [-0.4, -0.2) is 53.9 Å². The SMILES string of the molecule is O=C1O[C@]2(CC[C@H](C(=O)N3CCC[C@H]3CN3CCCC3)CC2)c2ccc(F)cc21.